The molecule has 0 saturated carbocycles. The number of benzene rings is 1. The molecule has 2 rings (SSSR count). The van der Waals surface area contributed by atoms with Crippen LogP contribution in [0.4, 0.5) is 17.3 Å². The molecule has 0 bridgehead atoms. The Labute approximate surface area is 97.1 Å². The Hall–Kier alpha value is -2.50. The maximum absolute atomic E-state index is 11.6. The number of hydrogen-bond donors (Lipinski definition) is 4. The Morgan fingerprint density at radius 3 is 2.88 bits per heavy atom. The molecule has 1 aromatic carbocycles. The SMILES string of the molecule is Cc1cccc(Nc2c(O)nc(N)[nH]c2=O)c1. The molecule has 0 radical (unpaired) electrons. The molecule has 6 nitrogen and oxygen atoms in total. The van der Waals surface area contributed by atoms with E-state index in [4.69, 9.17) is 5.73 Å². The summed E-state index contributed by atoms with van der Waals surface area (Å²) in [6, 6.07) is 7.39. The minimum absolute atomic E-state index is 0.0233. The number of nitrogens with zero attached hydrogens (tertiary/aromatic N) is 1. The first-order chi connectivity index (χ1) is 8.06. The summed E-state index contributed by atoms with van der Waals surface area (Å²) in [5.74, 6) is -0.546. The molecule has 0 unspecified atom stereocenters. The van der Waals surface area contributed by atoms with Crippen molar-refractivity contribution in [3.63, 3.8) is 0 Å². The maximum atomic E-state index is 11.6. The van der Waals surface area contributed by atoms with Gasteiger partial charge in [-0.1, -0.05) is 12.1 Å². The molecule has 88 valence electrons. The zero-order valence-electron chi connectivity index (χ0n) is 9.19. The third kappa shape index (κ3) is 2.36. The number of aromatic hydroxyl groups is 1. The molecule has 0 aliphatic carbocycles. The zero-order chi connectivity index (χ0) is 12.4. The van der Waals surface area contributed by atoms with Crippen LogP contribution in [0.2, 0.25) is 0 Å². The normalized spacial score (nSPS) is 10.2. The fourth-order valence-electron chi connectivity index (χ4n) is 1.46. The predicted octanol–water partition coefficient (Wildman–Crippen LogP) is 1.11. The van der Waals surface area contributed by atoms with Gasteiger partial charge < -0.3 is 16.2 Å². The van der Waals surface area contributed by atoms with Gasteiger partial charge in [-0.3, -0.25) is 9.78 Å². The highest BCUT2D eigenvalue weighted by atomic mass is 16.3. The average Bonchev–Trinajstić information content (AvgIpc) is 2.23. The first kappa shape index (κ1) is 11.0. The predicted molar refractivity (Wildman–Crippen MR) is 65.4 cm³/mol. The van der Waals surface area contributed by atoms with E-state index in [0.717, 1.165) is 5.56 Å². The second kappa shape index (κ2) is 4.17. The van der Waals surface area contributed by atoms with Gasteiger partial charge in [0.2, 0.25) is 11.8 Å². The Morgan fingerprint density at radius 1 is 1.47 bits per heavy atom. The van der Waals surface area contributed by atoms with Crippen molar-refractivity contribution in [3.05, 3.63) is 40.2 Å². The van der Waals surface area contributed by atoms with Gasteiger partial charge in [-0.2, -0.15) is 4.98 Å². The molecule has 17 heavy (non-hydrogen) atoms. The van der Waals surface area contributed by atoms with Gasteiger partial charge >= 0.3 is 0 Å². The number of aromatic nitrogens is 2. The highest BCUT2D eigenvalue weighted by Gasteiger charge is 2.09. The van der Waals surface area contributed by atoms with E-state index in [0.29, 0.717) is 5.69 Å². The number of hydrogen-bond acceptors (Lipinski definition) is 5. The van der Waals surface area contributed by atoms with Gasteiger partial charge in [0, 0.05) is 5.69 Å². The van der Waals surface area contributed by atoms with Crippen LogP contribution in [0.25, 0.3) is 0 Å². The number of nitrogens with two attached hydrogens (primary N) is 1. The summed E-state index contributed by atoms with van der Waals surface area (Å²) in [4.78, 5) is 17.4. The van der Waals surface area contributed by atoms with E-state index >= 15 is 0 Å². The average molecular weight is 232 g/mol. The summed E-state index contributed by atoms with van der Waals surface area (Å²) in [5, 5.41) is 12.3. The molecular weight excluding hydrogens is 220 g/mol. The molecule has 1 heterocycles. The van der Waals surface area contributed by atoms with Crippen LogP contribution in [0.5, 0.6) is 5.88 Å². The summed E-state index contributed by atoms with van der Waals surface area (Å²) in [6.45, 7) is 1.93. The van der Waals surface area contributed by atoms with Crippen LogP contribution in [-0.4, -0.2) is 15.1 Å². The molecule has 1 aromatic heterocycles. The van der Waals surface area contributed by atoms with Crippen molar-refractivity contribution in [1.29, 1.82) is 0 Å². The lowest BCUT2D eigenvalue weighted by molar-refractivity contribution is 0.455. The number of aryl methyl sites for hydroxylation is 1. The van der Waals surface area contributed by atoms with Crippen LogP contribution >= 0.6 is 0 Å². The van der Waals surface area contributed by atoms with Crippen molar-refractivity contribution in [3.8, 4) is 5.88 Å². The van der Waals surface area contributed by atoms with E-state index in [-0.39, 0.29) is 11.6 Å². The lowest BCUT2D eigenvalue weighted by Gasteiger charge is -2.07. The molecule has 0 aliphatic heterocycles. The van der Waals surface area contributed by atoms with Crippen molar-refractivity contribution in [2.45, 2.75) is 6.92 Å². The molecule has 2 aromatic rings. The first-order valence-corrected chi connectivity index (χ1v) is 4.98. The molecule has 5 N–H and O–H groups in total. The fourth-order valence-corrected chi connectivity index (χ4v) is 1.46. The van der Waals surface area contributed by atoms with Crippen molar-refractivity contribution in [1.82, 2.24) is 9.97 Å². The molecule has 0 spiro atoms. The quantitative estimate of drug-likeness (QED) is 0.621. The summed E-state index contributed by atoms with van der Waals surface area (Å²) in [7, 11) is 0. The summed E-state index contributed by atoms with van der Waals surface area (Å²) >= 11 is 0. The van der Waals surface area contributed by atoms with E-state index in [1.54, 1.807) is 6.07 Å². The Bertz CT molecular complexity index is 607. The fraction of sp³-hybridized carbons (Fsp3) is 0.0909. The van der Waals surface area contributed by atoms with Crippen LogP contribution in [0.1, 0.15) is 5.56 Å². The van der Waals surface area contributed by atoms with E-state index in [9.17, 15) is 9.90 Å². The molecule has 0 amide bonds. The highest BCUT2D eigenvalue weighted by molar-refractivity contribution is 5.63. The third-order valence-corrected chi connectivity index (χ3v) is 2.21. The Kier molecular flexibility index (Phi) is 2.70. The zero-order valence-corrected chi connectivity index (χ0v) is 9.19. The largest absolute Gasteiger partial charge is 0.492 e. The number of anilines is 3. The number of nitrogen functional groups attached to an aromatic ring is 1. The van der Waals surface area contributed by atoms with Crippen LogP contribution in [0.15, 0.2) is 29.1 Å². The number of nitrogens with one attached hydrogen (secondary N) is 2. The van der Waals surface area contributed by atoms with E-state index in [1.807, 2.05) is 25.1 Å². The van der Waals surface area contributed by atoms with Gasteiger partial charge in [-0.05, 0) is 24.6 Å². The van der Waals surface area contributed by atoms with Crippen molar-refractivity contribution in [2.24, 2.45) is 0 Å². The molecule has 6 heteroatoms. The second-order valence-electron chi connectivity index (χ2n) is 3.64. The number of aromatic amines is 1. The van der Waals surface area contributed by atoms with Gasteiger partial charge in [-0.25, -0.2) is 0 Å². The van der Waals surface area contributed by atoms with E-state index in [1.165, 1.54) is 0 Å². The smallest absolute Gasteiger partial charge is 0.280 e. The lowest BCUT2D eigenvalue weighted by Crippen LogP contribution is -2.15. The van der Waals surface area contributed by atoms with Gasteiger partial charge in [0.25, 0.3) is 5.56 Å². The Balaban J connectivity index is 2.40. The first-order valence-electron chi connectivity index (χ1n) is 4.98. The van der Waals surface area contributed by atoms with Crippen molar-refractivity contribution < 1.29 is 5.11 Å². The minimum Gasteiger partial charge on any atom is -0.492 e. The standard InChI is InChI=1S/C11H12N4O2/c1-6-3-2-4-7(5-6)13-8-9(16)14-11(12)15-10(8)17/h2-5,13H,1H3,(H4,12,14,15,16,17). The molecule has 0 saturated heterocycles. The van der Waals surface area contributed by atoms with Gasteiger partial charge in [-0.15, -0.1) is 0 Å². The van der Waals surface area contributed by atoms with Gasteiger partial charge in [0.1, 0.15) is 0 Å². The van der Waals surface area contributed by atoms with Crippen molar-refractivity contribution >= 4 is 17.3 Å². The summed E-state index contributed by atoms with van der Waals surface area (Å²) in [6.07, 6.45) is 0. The molecule has 0 fully saturated rings. The summed E-state index contributed by atoms with van der Waals surface area (Å²) in [5.41, 5.74) is 6.48. The number of rotatable bonds is 2. The van der Waals surface area contributed by atoms with E-state index < -0.39 is 11.4 Å². The van der Waals surface area contributed by atoms with Gasteiger partial charge in [0.05, 0.1) is 0 Å². The van der Waals surface area contributed by atoms with Crippen LogP contribution in [-0.2, 0) is 0 Å². The topological polar surface area (TPSA) is 104 Å². The van der Waals surface area contributed by atoms with Crippen LogP contribution in [0.3, 0.4) is 0 Å². The molecule has 0 aliphatic rings. The van der Waals surface area contributed by atoms with Crippen LogP contribution in [0, 0.1) is 6.92 Å². The van der Waals surface area contributed by atoms with E-state index in [2.05, 4.69) is 15.3 Å². The molecule has 0 atom stereocenters. The monoisotopic (exact) mass is 232 g/mol. The minimum atomic E-state index is -0.517. The van der Waals surface area contributed by atoms with Crippen LogP contribution < -0.4 is 16.6 Å². The molecular formula is C11H12N4O2. The van der Waals surface area contributed by atoms with Crippen molar-refractivity contribution in [2.75, 3.05) is 11.1 Å². The Morgan fingerprint density at radius 2 is 2.24 bits per heavy atom. The second-order valence-corrected chi connectivity index (χ2v) is 3.64. The third-order valence-electron chi connectivity index (χ3n) is 2.21. The lowest BCUT2D eigenvalue weighted by atomic mass is 10.2. The summed E-state index contributed by atoms with van der Waals surface area (Å²) < 4.78 is 0. The maximum Gasteiger partial charge on any atom is 0.280 e. The number of H-pyrrole nitrogens is 1. The highest BCUT2D eigenvalue weighted by Crippen LogP contribution is 2.21. The van der Waals surface area contributed by atoms with Gasteiger partial charge in [0.15, 0.2) is 5.69 Å².